The van der Waals surface area contributed by atoms with Crippen molar-refractivity contribution in [3.05, 3.63) is 0 Å². The van der Waals surface area contributed by atoms with Gasteiger partial charge in [-0.3, -0.25) is 0 Å². The summed E-state index contributed by atoms with van der Waals surface area (Å²) in [6.45, 7) is 5.21. The molecule has 0 aliphatic carbocycles. The summed E-state index contributed by atoms with van der Waals surface area (Å²) in [5.74, 6) is 0.608. The van der Waals surface area contributed by atoms with Crippen LogP contribution in [0.5, 0.6) is 0 Å². The van der Waals surface area contributed by atoms with Crippen molar-refractivity contribution in [1.29, 1.82) is 0 Å². The standard InChI is InChI=1S/C12H25FOS/c1-3-5-9-12(8-4-2)14-10-6-7-11-15-13/h12H,3-11H2,1-2H3. The Bertz CT molecular complexity index is 122. The maximum atomic E-state index is 11.7. The van der Waals surface area contributed by atoms with Gasteiger partial charge in [-0.05, 0) is 25.7 Å². The average Bonchev–Trinajstić information content (AvgIpc) is 2.25. The van der Waals surface area contributed by atoms with Gasteiger partial charge in [0.05, 0.1) is 6.10 Å². The van der Waals surface area contributed by atoms with Gasteiger partial charge in [0.15, 0.2) is 0 Å². The molecule has 1 atom stereocenters. The van der Waals surface area contributed by atoms with Gasteiger partial charge in [-0.25, -0.2) is 0 Å². The van der Waals surface area contributed by atoms with Gasteiger partial charge >= 0.3 is 0 Å². The molecule has 92 valence electrons. The lowest BCUT2D eigenvalue weighted by atomic mass is 10.1. The first-order valence-corrected chi connectivity index (χ1v) is 7.08. The molecule has 0 saturated carbocycles. The number of rotatable bonds is 11. The smallest absolute Gasteiger partial charge is 0.0575 e. The molecule has 0 heterocycles. The molecule has 0 bridgehead atoms. The second-order valence-corrected chi connectivity index (χ2v) is 4.57. The zero-order valence-corrected chi connectivity index (χ0v) is 11.0. The molecular formula is C12H25FOS. The van der Waals surface area contributed by atoms with Crippen LogP contribution in [-0.2, 0) is 4.74 Å². The van der Waals surface area contributed by atoms with Crippen molar-refractivity contribution in [3.8, 4) is 0 Å². The highest BCUT2D eigenvalue weighted by atomic mass is 32.2. The van der Waals surface area contributed by atoms with Gasteiger partial charge < -0.3 is 4.74 Å². The summed E-state index contributed by atoms with van der Waals surface area (Å²) >= 11 is 0.429. The monoisotopic (exact) mass is 236 g/mol. The van der Waals surface area contributed by atoms with Crippen molar-refractivity contribution in [2.24, 2.45) is 0 Å². The van der Waals surface area contributed by atoms with Crippen LogP contribution in [0.1, 0.15) is 58.8 Å². The van der Waals surface area contributed by atoms with E-state index in [4.69, 9.17) is 4.74 Å². The molecule has 0 radical (unpaired) electrons. The molecule has 0 saturated heterocycles. The molecule has 0 aliphatic rings. The van der Waals surface area contributed by atoms with E-state index >= 15 is 0 Å². The van der Waals surface area contributed by atoms with Crippen LogP contribution in [0.25, 0.3) is 0 Å². The Kier molecular flexibility index (Phi) is 12.5. The van der Waals surface area contributed by atoms with Gasteiger partial charge in [0.1, 0.15) is 0 Å². The minimum Gasteiger partial charge on any atom is -0.378 e. The second kappa shape index (κ2) is 12.3. The Morgan fingerprint density at radius 3 is 2.47 bits per heavy atom. The van der Waals surface area contributed by atoms with E-state index in [0.717, 1.165) is 25.9 Å². The van der Waals surface area contributed by atoms with Crippen molar-refractivity contribution >= 4 is 12.1 Å². The lowest BCUT2D eigenvalue weighted by Crippen LogP contribution is -2.13. The Hall–Kier alpha value is 0.240. The summed E-state index contributed by atoms with van der Waals surface area (Å²) < 4.78 is 17.5. The normalized spacial score (nSPS) is 13.0. The summed E-state index contributed by atoms with van der Waals surface area (Å²) in [5, 5.41) is 0. The van der Waals surface area contributed by atoms with E-state index in [9.17, 15) is 3.89 Å². The highest BCUT2D eigenvalue weighted by Crippen LogP contribution is 2.12. The first-order valence-electron chi connectivity index (χ1n) is 6.20. The van der Waals surface area contributed by atoms with Crippen molar-refractivity contribution in [1.82, 2.24) is 0 Å². The number of halogens is 1. The van der Waals surface area contributed by atoms with Crippen molar-refractivity contribution in [2.45, 2.75) is 64.9 Å². The highest BCUT2D eigenvalue weighted by Gasteiger charge is 2.06. The van der Waals surface area contributed by atoms with Crippen LogP contribution in [0.15, 0.2) is 0 Å². The van der Waals surface area contributed by atoms with Crippen LogP contribution in [0.4, 0.5) is 3.89 Å². The zero-order chi connectivity index (χ0) is 11.4. The van der Waals surface area contributed by atoms with Crippen molar-refractivity contribution in [3.63, 3.8) is 0 Å². The predicted octanol–water partition coefficient (Wildman–Crippen LogP) is 4.76. The summed E-state index contributed by atoms with van der Waals surface area (Å²) in [6.07, 6.45) is 8.38. The maximum Gasteiger partial charge on any atom is 0.0575 e. The largest absolute Gasteiger partial charge is 0.378 e. The molecule has 0 aliphatic heterocycles. The van der Waals surface area contributed by atoms with Gasteiger partial charge in [-0.1, -0.05) is 33.1 Å². The van der Waals surface area contributed by atoms with E-state index < -0.39 is 0 Å². The molecule has 0 amide bonds. The maximum absolute atomic E-state index is 11.7. The Morgan fingerprint density at radius 2 is 1.87 bits per heavy atom. The van der Waals surface area contributed by atoms with E-state index in [1.807, 2.05) is 0 Å². The van der Waals surface area contributed by atoms with E-state index in [2.05, 4.69) is 13.8 Å². The lowest BCUT2D eigenvalue weighted by molar-refractivity contribution is 0.0381. The second-order valence-electron chi connectivity index (χ2n) is 3.94. The van der Waals surface area contributed by atoms with Gasteiger partial charge in [0.25, 0.3) is 0 Å². The Morgan fingerprint density at radius 1 is 1.07 bits per heavy atom. The topological polar surface area (TPSA) is 9.23 Å². The van der Waals surface area contributed by atoms with Crippen LogP contribution >= 0.6 is 12.1 Å². The van der Waals surface area contributed by atoms with Gasteiger partial charge in [0.2, 0.25) is 0 Å². The van der Waals surface area contributed by atoms with Gasteiger partial charge in [-0.15, -0.1) is 0 Å². The van der Waals surface area contributed by atoms with Crippen molar-refractivity contribution in [2.75, 3.05) is 12.4 Å². The molecule has 1 nitrogen and oxygen atoms in total. The van der Waals surface area contributed by atoms with Crippen LogP contribution < -0.4 is 0 Å². The lowest BCUT2D eigenvalue weighted by Gasteiger charge is -2.16. The third-order valence-corrected chi connectivity index (χ3v) is 2.90. The van der Waals surface area contributed by atoms with Crippen LogP contribution in [0, 0.1) is 0 Å². The molecule has 0 aromatic carbocycles. The first-order chi connectivity index (χ1) is 7.35. The molecular weight excluding hydrogens is 211 g/mol. The molecule has 0 aromatic rings. The predicted molar refractivity (Wildman–Crippen MR) is 67.0 cm³/mol. The number of hydrogen-bond donors (Lipinski definition) is 0. The summed E-state index contributed by atoms with van der Waals surface area (Å²) in [4.78, 5) is 0. The van der Waals surface area contributed by atoms with Crippen LogP contribution in [0.2, 0.25) is 0 Å². The third kappa shape index (κ3) is 10.5. The quantitative estimate of drug-likeness (QED) is 0.478. The molecule has 0 fully saturated rings. The highest BCUT2D eigenvalue weighted by molar-refractivity contribution is 7.94. The number of ether oxygens (including phenoxy) is 1. The minimum atomic E-state index is 0.429. The molecule has 0 N–H and O–H groups in total. The molecule has 0 aromatic heterocycles. The van der Waals surface area contributed by atoms with Crippen molar-refractivity contribution < 1.29 is 8.62 Å². The SMILES string of the molecule is CCCCC(CCC)OCCCCSF. The van der Waals surface area contributed by atoms with E-state index in [0.29, 0.717) is 24.0 Å². The first kappa shape index (κ1) is 15.2. The summed E-state index contributed by atoms with van der Waals surface area (Å²) in [7, 11) is 0. The minimum absolute atomic E-state index is 0.429. The van der Waals surface area contributed by atoms with Gasteiger partial charge in [0, 0.05) is 24.5 Å². The molecule has 3 heteroatoms. The fraction of sp³-hybridized carbons (Fsp3) is 1.00. The molecule has 0 rings (SSSR count). The molecule has 15 heavy (non-hydrogen) atoms. The molecule has 1 unspecified atom stereocenters. The fourth-order valence-electron chi connectivity index (χ4n) is 1.57. The zero-order valence-electron chi connectivity index (χ0n) is 10.1. The Labute approximate surface area is 98.5 Å². The number of hydrogen-bond acceptors (Lipinski definition) is 2. The van der Waals surface area contributed by atoms with E-state index in [1.54, 1.807) is 0 Å². The average molecular weight is 236 g/mol. The van der Waals surface area contributed by atoms with E-state index in [-0.39, 0.29) is 0 Å². The summed E-state index contributed by atoms with van der Waals surface area (Å²) in [5.41, 5.74) is 0. The van der Waals surface area contributed by atoms with Crippen LogP contribution in [-0.4, -0.2) is 18.5 Å². The summed E-state index contributed by atoms with van der Waals surface area (Å²) in [6, 6.07) is 0. The fourth-order valence-corrected chi connectivity index (χ4v) is 1.89. The van der Waals surface area contributed by atoms with Crippen LogP contribution in [0.3, 0.4) is 0 Å². The van der Waals surface area contributed by atoms with Gasteiger partial charge in [-0.2, -0.15) is 3.89 Å². The number of unbranched alkanes of at least 4 members (excludes halogenated alkanes) is 2. The molecule has 0 spiro atoms. The third-order valence-electron chi connectivity index (χ3n) is 2.46. The van der Waals surface area contributed by atoms with E-state index in [1.165, 1.54) is 25.7 Å². The Balaban J connectivity index is 3.38.